The van der Waals surface area contributed by atoms with Crippen LogP contribution in [-0.2, 0) is 11.3 Å². The molecular weight excluding hydrogens is 314 g/mol. The minimum atomic E-state index is -0.195. The van der Waals surface area contributed by atoms with Crippen LogP contribution in [0.5, 0.6) is 0 Å². The molecule has 0 saturated carbocycles. The molecule has 0 bridgehead atoms. The highest BCUT2D eigenvalue weighted by Crippen LogP contribution is 2.27. The third-order valence-corrected chi connectivity index (χ3v) is 5.40. The second kappa shape index (κ2) is 6.23. The van der Waals surface area contributed by atoms with E-state index in [0.717, 1.165) is 62.9 Å². The van der Waals surface area contributed by atoms with Gasteiger partial charge in [0.25, 0.3) is 0 Å². The Bertz CT molecular complexity index is 662. The Morgan fingerprint density at radius 2 is 2.04 bits per heavy atom. The molecule has 1 atom stereocenters. The first kappa shape index (κ1) is 14.6. The molecular formula is C14H19N7OS. The average Bonchev–Trinajstić information content (AvgIpc) is 3.24. The normalized spacial score (nSPS) is 21.8. The smallest absolute Gasteiger partial charge is 0.233 e. The molecule has 4 rings (SSSR count). The molecule has 23 heavy (non-hydrogen) atoms. The average molecular weight is 333 g/mol. The molecule has 8 nitrogen and oxygen atoms in total. The first-order valence-electron chi connectivity index (χ1n) is 8.02. The van der Waals surface area contributed by atoms with Crippen molar-refractivity contribution in [3.8, 4) is 0 Å². The standard InChI is InChI=1S/C14H19N7OS/c22-13(11-3-1-2-5-21-12(11)16-17-18-21)19-6-8-20(9-7-19)14-15-4-10-23-14/h4,10-11H,1-3,5-9H2. The lowest BCUT2D eigenvalue weighted by Gasteiger charge is -2.36. The van der Waals surface area contributed by atoms with Gasteiger partial charge in [-0.25, -0.2) is 9.67 Å². The van der Waals surface area contributed by atoms with Crippen LogP contribution in [0.3, 0.4) is 0 Å². The number of hydrogen-bond acceptors (Lipinski definition) is 7. The lowest BCUT2D eigenvalue weighted by Crippen LogP contribution is -2.50. The number of aryl methyl sites for hydroxylation is 1. The Balaban J connectivity index is 1.44. The van der Waals surface area contributed by atoms with Gasteiger partial charge in [0, 0.05) is 44.3 Å². The fraction of sp³-hybridized carbons (Fsp3) is 0.643. The van der Waals surface area contributed by atoms with E-state index in [-0.39, 0.29) is 11.8 Å². The second-order valence-electron chi connectivity index (χ2n) is 5.94. The van der Waals surface area contributed by atoms with E-state index in [0.29, 0.717) is 0 Å². The van der Waals surface area contributed by atoms with Crippen molar-refractivity contribution in [2.24, 2.45) is 0 Å². The van der Waals surface area contributed by atoms with Crippen molar-refractivity contribution in [1.29, 1.82) is 0 Å². The summed E-state index contributed by atoms with van der Waals surface area (Å²) in [4.78, 5) is 21.5. The molecule has 2 aromatic rings. The number of thiazole rings is 1. The zero-order chi connectivity index (χ0) is 15.6. The van der Waals surface area contributed by atoms with Crippen LogP contribution < -0.4 is 4.90 Å². The van der Waals surface area contributed by atoms with E-state index in [2.05, 4.69) is 25.4 Å². The molecule has 0 spiro atoms. The molecule has 0 N–H and O–H groups in total. The number of nitrogens with zero attached hydrogens (tertiary/aromatic N) is 7. The zero-order valence-corrected chi connectivity index (χ0v) is 13.7. The van der Waals surface area contributed by atoms with Crippen LogP contribution in [0.1, 0.15) is 31.0 Å². The second-order valence-corrected chi connectivity index (χ2v) is 6.81. The van der Waals surface area contributed by atoms with E-state index in [1.54, 1.807) is 16.0 Å². The summed E-state index contributed by atoms with van der Waals surface area (Å²) in [7, 11) is 0. The number of hydrogen-bond donors (Lipinski definition) is 0. The third kappa shape index (κ3) is 2.80. The lowest BCUT2D eigenvalue weighted by molar-refractivity contribution is -0.133. The van der Waals surface area contributed by atoms with Crippen molar-refractivity contribution in [2.45, 2.75) is 31.7 Å². The van der Waals surface area contributed by atoms with Crippen LogP contribution in [-0.4, -0.2) is 62.2 Å². The van der Waals surface area contributed by atoms with Crippen LogP contribution >= 0.6 is 11.3 Å². The number of carbonyl (C=O) groups excluding carboxylic acids is 1. The molecule has 1 saturated heterocycles. The van der Waals surface area contributed by atoms with Gasteiger partial charge in [-0.3, -0.25) is 4.79 Å². The Morgan fingerprint density at radius 1 is 1.17 bits per heavy atom. The molecule has 0 aliphatic carbocycles. The van der Waals surface area contributed by atoms with Crippen molar-refractivity contribution < 1.29 is 4.79 Å². The van der Waals surface area contributed by atoms with Gasteiger partial charge >= 0.3 is 0 Å². The minimum Gasteiger partial charge on any atom is -0.345 e. The highest BCUT2D eigenvalue weighted by atomic mass is 32.1. The Hall–Kier alpha value is -2.03. The van der Waals surface area contributed by atoms with Crippen molar-refractivity contribution >= 4 is 22.4 Å². The molecule has 0 aromatic carbocycles. The molecule has 1 unspecified atom stereocenters. The van der Waals surface area contributed by atoms with E-state index >= 15 is 0 Å². The Morgan fingerprint density at radius 3 is 2.83 bits per heavy atom. The highest BCUT2D eigenvalue weighted by molar-refractivity contribution is 7.13. The van der Waals surface area contributed by atoms with E-state index in [4.69, 9.17) is 0 Å². The van der Waals surface area contributed by atoms with E-state index in [9.17, 15) is 4.79 Å². The third-order valence-electron chi connectivity index (χ3n) is 4.56. The summed E-state index contributed by atoms with van der Waals surface area (Å²) < 4.78 is 1.79. The van der Waals surface area contributed by atoms with Crippen molar-refractivity contribution in [3.63, 3.8) is 0 Å². The number of amides is 1. The number of aromatic nitrogens is 5. The monoisotopic (exact) mass is 333 g/mol. The van der Waals surface area contributed by atoms with Crippen LogP contribution in [0.2, 0.25) is 0 Å². The van der Waals surface area contributed by atoms with Gasteiger partial charge in [0.05, 0.1) is 5.92 Å². The van der Waals surface area contributed by atoms with Crippen LogP contribution in [0.4, 0.5) is 5.13 Å². The molecule has 4 heterocycles. The number of rotatable bonds is 2. The van der Waals surface area contributed by atoms with Gasteiger partial charge in [0.1, 0.15) is 0 Å². The van der Waals surface area contributed by atoms with E-state index in [1.807, 2.05) is 16.5 Å². The van der Waals surface area contributed by atoms with Gasteiger partial charge in [-0.2, -0.15) is 0 Å². The maximum absolute atomic E-state index is 12.9. The molecule has 9 heteroatoms. The summed E-state index contributed by atoms with van der Waals surface area (Å²) in [5, 5.41) is 14.9. The topological polar surface area (TPSA) is 80.0 Å². The Kier molecular flexibility index (Phi) is 3.94. The molecule has 1 fully saturated rings. The fourth-order valence-corrected chi connectivity index (χ4v) is 4.00. The molecule has 2 aromatic heterocycles. The van der Waals surface area contributed by atoms with Gasteiger partial charge in [0.2, 0.25) is 5.91 Å². The Labute approximate surface area is 138 Å². The summed E-state index contributed by atoms with van der Waals surface area (Å²) in [5.41, 5.74) is 0. The van der Waals surface area contributed by atoms with Crippen molar-refractivity contribution in [3.05, 3.63) is 17.4 Å². The number of tetrazole rings is 1. The zero-order valence-electron chi connectivity index (χ0n) is 12.8. The van der Waals surface area contributed by atoms with Crippen molar-refractivity contribution in [1.82, 2.24) is 30.1 Å². The summed E-state index contributed by atoms with van der Waals surface area (Å²) in [6, 6.07) is 0. The quantitative estimate of drug-likeness (QED) is 0.807. The van der Waals surface area contributed by atoms with E-state index < -0.39 is 0 Å². The van der Waals surface area contributed by atoms with Gasteiger partial charge in [-0.1, -0.05) is 6.42 Å². The molecule has 2 aliphatic rings. The lowest BCUT2D eigenvalue weighted by atomic mass is 10.0. The van der Waals surface area contributed by atoms with Gasteiger partial charge in [-0.05, 0) is 23.3 Å². The first-order valence-corrected chi connectivity index (χ1v) is 8.90. The number of carbonyl (C=O) groups is 1. The summed E-state index contributed by atoms with van der Waals surface area (Å²) >= 11 is 1.64. The highest BCUT2D eigenvalue weighted by Gasteiger charge is 2.33. The molecule has 0 radical (unpaired) electrons. The maximum Gasteiger partial charge on any atom is 0.233 e. The number of anilines is 1. The largest absolute Gasteiger partial charge is 0.345 e. The SMILES string of the molecule is O=C(C1CCCCn2nnnc21)N1CCN(c2nccs2)CC1. The molecule has 122 valence electrons. The fourth-order valence-electron chi connectivity index (χ4n) is 3.30. The summed E-state index contributed by atoms with van der Waals surface area (Å²) in [5.74, 6) is 0.704. The van der Waals surface area contributed by atoms with E-state index in [1.165, 1.54) is 0 Å². The van der Waals surface area contributed by atoms with Crippen molar-refractivity contribution in [2.75, 3.05) is 31.1 Å². The van der Waals surface area contributed by atoms with Crippen LogP contribution in [0.15, 0.2) is 11.6 Å². The maximum atomic E-state index is 12.9. The molecule has 2 aliphatic heterocycles. The van der Waals surface area contributed by atoms with Crippen LogP contribution in [0.25, 0.3) is 0 Å². The number of fused-ring (bicyclic) bond motifs is 1. The molecule has 1 amide bonds. The van der Waals surface area contributed by atoms with Gasteiger partial charge in [0.15, 0.2) is 11.0 Å². The summed E-state index contributed by atoms with van der Waals surface area (Å²) in [6.07, 6.45) is 4.72. The van der Waals surface area contributed by atoms with Gasteiger partial charge < -0.3 is 9.80 Å². The van der Waals surface area contributed by atoms with Crippen LogP contribution in [0, 0.1) is 0 Å². The first-order chi connectivity index (χ1) is 11.3. The minimum absolute atomic E-state index is 0.168. The number of piperazine rings is 1. The summed E-state index contributed by atoms with van der Waals surface area (Å²) in [6.45, 7) is 3.94. The predicted octanol–water partition coefficient (Wildman–Crippen LogP) is 0.746. The van der Waals surface area contributed by atoms with Gasteiger partial charge in [-0.15, -0.1) is 16.4 Å². The predicted molar refractivity (Wildman–Crippen MR) is 85.3 cm³/mol.